The quantitative estimate of drug-likeness (QED) is 0.681. The smallest absolute Gasteiger partial charge is 0.135 e. The van der Waals surface area contributed by atoms with E-state index in [1.165, 1.54) is 5.56 Å². The first-order valence-corrected chi connectivity index (χ1v) is 5.46. The van der Waals surface area contributed by atoms with Crippen molar-refractivity contribution >= 4 is 22.0 Å². The van der Waals surface area contributed by atoms with Gasteiger partial charge in [-0.3, -0.25) is 0 Å². The van der Waals surface area contributed by atoms with Crippen molar-refractivity contribution in [1.82, 2.24) is 0 Å². The molecule has 1 aromatic carbocycles. The van der Waals surface area contributed by atoms with Crippen LogP contribution >= 0.6 is 15.9 Å². The normalized spacial score (nSPS) is 18.1. The fourth-order valence-corrected chi connectivity index (χ4v) is 1.81. The van der Waals surface area contributed by atoms with Gasteiger partial charge in [-0.1, -0.05) is 28.1 Å². The first-order valence-electron chi connectivity index (χ1n) is 4.66. The van der Waals surface area contributed by atoms with Gasteiger partial charge in [-0.25, -0.2) is 0 Å². The number of hydrogen-bond donors (Lipinski definition) is 0. The van der Waals surface area contributed by atoms with Gasteiger partial charge in [-0.15, -0.1) is 0 Å². The molecule has 1 nitrogen and oxygen atoms in total. The van der Waals surface area contributed by atoms with E-state index in [-0.39, 0.29) is 5.60 Å². The van der Waals surface area contributed by atoms with Crippen molar-refractivity contribution < 1.29 is 4.74 Å². The van der Waals surface area contributed by atoms with Crippen LogP contribution in [0.25, 0.3) is 6.08 Å². The predicted octanol–water partition coefficient (Wildman–Crippen LogP) is 3.90. The van der Waals surface area contributed by atoms with Crippen LogP contribution in [-0.4, -0.2) is 5.60 Å². The Morgan fingerprint density at radius 1 is 1.29 bits per heavy atom. The first-order chi connectivity index (χ1) is 6.49. The summed E-state index contributed by atoms with van der Waals surface area (Å²) in [5.41, 5.74) is 2.12. The molecule has 1 aliphatic heterocycles. The lowest BCUT2D eigenvalue weighted by atomic mass is 10.0. The van der Waals surface area contributed by atoms with Crippen molar-refractivity contribution in [2.45, 2.75) is 26.4 Å². The van der Waals surface area contributed by atoms with Gasteiger partial charge in [0.15, 0.2) is 0 Å². The van der Waals surface area contributed by atoms with Gasteiger partial charge < -0.3 is 4.74 Å². The van der Waals surface area contributed by atoms with Crippen LogP contribution in [-0.2, 0) is 0 Å². The van der Waals surface area contributed by atoms with Crippen LogP contribution in [0, 0.1) is 6.92 Å². The highest BCUT2D eigenvalue weighted by atomic mass is 79.9. The van der Waals surface area contributed by atoms with Gasteiger partial charge in [0, 0.05) is 10.0 Å². The van der Waals surface area contributed by atoms with Crippen LogP contribution in [0.1, 0.15) is 25.0 Å². The Morgan fingerprint density at radius 2 is 2.00 bits per heavy atom. The molecule has 0 fully saturated rings. The molecular weight excluding hydrogens is 240 g/mol. The highest BCUT2D eigenvalue weighted by molar-refractivity contribution is 9.11. The molecule has 2 rings (SSSR count). The van der Waals surface area contributed by atoms with Crippen molar-refractivity contribution in [2.24, 2.45) is 0 Å². The minimum Gasteiger partial charge on any atom is -0.482 e. The molecule has 0 aromatic heterocycles. The second kappa shape index (κ2) is 3.13. The molecule has 0 aliphatic carbocycles. The summed E-state index contributed by atoms with van der Waals surface area (Å²) in [6.07, 6.45) is 2.12. The SMILES string of the molecule is Cc1ccc2c(c1)OC(C)(C)C(Br)=C2. The van der Waals surface area contributed by atoms with Crippen molar-refractivity contribution in [3.63, 3.8) is 0 Å². The van der Waals surface area contributed by atoms with Gasteiger partial charge >= 0.3 is 0 Å². The minimum absolute atomic E-state index is 0.249. The lowest BCUT2D eigenvalue weighted by molar-refractivity contribution is 0.155. The van der Waals surface area contributed by atoms with Crippen LogP contribution in [0.15, 0.2) is 22.7 Å². The highest BCUT2D eigenvalue weighted by Crippen LogP contribution is 2.38. The van der Waals surface area contributed by atoms with E-state index in [1.807, 2.05) is 0 Å². The second-order valence-corrected chi connectivity index (χ2v) is 5.00. The maximum absolute atomic E-state index is 5.90. The van der Waals surface area contributed by atoms with Crippen molar-refractivity contribution in [3.8, 4) is 5.75 Å². The molecule has 74 valence electrons. The molecule has 1 aromatic rings. The lowest BCUT2D eigenvalue weighted by Gasteiger charge is -2.31. The number of benzene rings is 1. The van der Waals surface area contributed by atoms with E-state index in [9.17, 15) is 0 Å². The number of halogens is 1. The average molecular weight is 253 g/mol. The van der Waals surface area contributed by atoms with E-state index in [1.54, 1.807) is 0 Å². The molecule has 2 heteroatoms. The van der Waals surface area contributed by atoms with E-state index >= 15 is 0 Å². The van der Waals surface area contributed by atoms with Gasteiger partial charge in [0.2, 0.25) is 0 Å². The van der Waals surface area contributed by atoms with Crippen LogP contribution < -0.4 is 4.74 Å². The summed E-state index contributed by atoms with van der Waals surface area (Å²) in [5, 5.41) is 0. The second-order valence-electron chi connectivity index (χ2n) is 4.15. The fourth-order valence-electron chi connectivity index (χ4n) is 1.48. The Morgan fingerprint density at radius 3 is 2.71 bits per heavy atom. The Balaban J connectivity index is 2.54. The molecule has 0 amide bonds. The fraction of sp³-hybridized carbons (Fsp3) is 0.333. The molecular formula is C12H13BrO. The third-order valence-corrected chi connectivity index (χ3v) is 3.58. The Hall–Kier alpha value is -0.760. The van der Waals surface area contributed by atoms with E-state index in [4.69, 9.17) is 4.74 Å². The zero-order valence-corrected chi connectivity index (χ0v) is 10.2. The topological polar surface area (TPSA) is 9.23 Å². The zero-order valence-electron chi connectivity index (χ0n) is 8.60. The summed E-state index contributed by atoms with van der Waals surface area (Å²) < 4.78 is 6.98. The minimum atomic E-state index is -0.249. The molecule has 0 radical (unpaired) electrons. The summed E-state index contributed by atoms with van der Waals surface area (Å²) in [5.74, 6) is 0.971. The maximum atomic E-state index is 5.90. The Kier molecular flexibility index (Phi) is 2.18. The average Bonchev–Trinajstić information content (AvgIpc) is 2.07. The van der Waals surface area contributed by atoms with Crippen LogP contribution in [0.5, 0.6) is 5.75 Å². The predicted molar refractivity (Wildman–Crippen MR) is 62.8 cm³/mol. The molecule has 0 unspecified atom stereocenters. The summed E-state index contributed by atoms with van der Waals surface area (Å²) in [7, 11) is 0. The molecule has 1 heterocycles. The van der Waals surface area contributed by atoms with Crippen molar-refractivity contribution in [1.29, 1.82) is 0 Å². The molecule has 1 aliphatic rings. The lowest BCUT2D eigenvalue weighted by Crippen LogP contribution is -2.30. The number of aryl methyl sites for hydroxylation is 1. The largest absolute Gasteiger partial charge is 0.482 e. The Labute approximate surface area is 92.9 Å². The Bertz CT molecular complexity index is 405. The third kappa shape index (κ3) is 1.59. The van der Waals surface area contributed by atoms with Gasteiger partial charge in [0.25, 0.3) is 0 Å². The monoisotopic (exact) mass is 252 g/mol. The molecule has 0 spiro atoms. The molecule has 0 atom stereocenters. The third-order valence-electron chi connectivity index (χ3n) is 2.39. The molecule has 14 heavy (non-hydrogen) atoms. The first kappa shape index (κ1) is 9.78. The molecule has 0 saturated heterocycles. The van der Waals surface area contributed by atoms with E-state index in [0.717, 1.165) is 15.8 Å². The van der Waals surface area contributed by atoms with Crippen LogP contribution in [0.2, 0.25) is 0 Å². The highest BCUT2D eigenvalue weighted by Gasteiger charge is 2.28. The van der Waals surface area contributed by atoms with Gasteiger partial charge in [-0.05, 0) is 38.5 Å². The number of rotatable bonds is 0. The van der Waals surface area contributed by atoms with E-state index < -0.39 is 0 Å². The summed E-state index contributed by atoms with van der Waals surface area (Å²) in [6.45, 7) is 6.18. The van der Waals surface area contributed by atoms with Crippen LogP contribution in [0.4, 0.5) is 0 Å². The molecule has 0 bridgehead atoms. The molecule has 0 N–H and O–H groups in total. The summed E-state index contributed by atoms with van der Waals surface area (Å²) >= 11 is 3.53. The number of ether oxygens (including phenoxy) is 1. The standard InChI is InChI=1S/C12H13BrO/c1-8-4-5-9-7-11(13)12(2,3)14-10(9)6-8/h4-7H,1-3H3. The van der Waals surface area contributed by atoms with E-state index in [2.05, 4.69) is 61.0 Å². The van der Waals surface area contributed by atoms with Gasteiger partial charge in [-0.2, -0.15) is 0 Å². The van der Waals surface area contributed by atoms with Crippen molar-refractivity contribution in [3.05, 3.63) is 33.8 Å². The summed E-state index contributed by atoms with van der Waals surface area (Å²) in [4.78, 5) is 0. The van der Waals surface area contributed by atoms with Gasteiger partial charge in [0.05, 0.1) is 0 Å². The van der Waals surface area contributed by atoms with Crippen LogP contribution in [0.3, 0.4) is 0 Å². The number of hydrogen-bond acceptors (Lipinski definition) is 1. The van der Waals surface area contributed by atoms with Gasteiger partial charge in [0.1, 0.15) is 11.4 Å². The zero-order chi connectivity index (χ0) is 10.3. The summed E-state index contributed by atoms with van der Waals surface area (Å²) in [6, 6.07) is 6.26. The van der Waals surface area contributed by atoms with Crippen molar-refractivity contribution in [2.75, 3.05) is 0 Å². The molecule has 0 saturated carbocycles. The van der Waals surface area contributed by atoms with E-state index in [0.29, 0.717) is 0 Å². The maximum Gasteiger partial charge on any atom is 0.135 e. The number of fused-ring (bicyclic) bond motifs is 1.